The van der Waals surface area contributed by atoms with E-state index in [-0.39, 0.29) is 17.7 Å². The lowest BCUT2D eigenvalue weighted by molar-refractivity contribution is -0.120. The highest BCUT2D eigenvalue weighted by Crippen LogP contribution is 2.19. The lowest BCUT2D eigenvalue weighted by atomic mass is 9.97. The number of carbonyl (C=O) groups is 2. The van der Waals surface area contributed by atoms with Crippen LogP contribution in [0.2, 0.25) is 0 Å². The van der Waals surface area contributed by atoms with Crippen molar-refractivity contribution in [3.05, 3.63) is 29.8 Å². The summed E-state index contributed by atoms with van der Waals surface area (Å²) in [6.07, 6.45) is 0. The van der Waals surface area contributed by atoms with Gasteiger partial charge in [0.05, 0.1) is 5.92 Å². The van der Waals surface area contributed by atoms with E-state index in [0.29, 0.717) is 23.7 Å². The number of amides is 2. The fraction of sp³-hybridized carbons (Fsp3) is 0.429. The maximum absolute atomic E-state index is 12.1. The number of rotatable bonds is 3. The molecule has 1 aliphatic rings. The Morgan fingerprint density at radius 3 is 2.74 bits per heavy atom. The molecule has 2 atom stereocenters. The van der Waals surface area contributed by atoms with Gasteiger partial charge in [-0.15, -0.1) is 0 Å². The van der Waals surface area contributed by atoms with Crippen LogP contribution in [0.15, 0.2) is 24.3 Å². The minimum Gasteiger partial charge on any atom is -0.355 e. The van der Waals surface area contributed by atoms with Crippen LogP contribution in [0.1, 0.15) is 17.3 Å². The molecule has 1 aromatic rings. The molecule has 2 rings (SSSR count). The molecule has 0 unspecified atom stereocenters. The SMILES string of the molecule is CNC(=O)c1cccc(NC(=O)[C@@H]2CNC[C@H]2C)c1. The standard InChI is InChI=1S/C14H19N3O2/c1-9-7-16-8-12(9)14(19)17-11-5-3-4-10(6-11)13(18)15-2/h3-6,9,12,16H,7-8H2,1-2H3,(H,15,18)(H,17,19)/t9-,12-/m1/s1. The molecular formula is C14H19N3O2. The Kier molecular flexibility index (Phi) is 4.16. The Balaban J connectivity index is 2.06. The van der Waals surface area contributed by atoms with Gasteiger partial charge in [0, 0.05) is 24.8 Å². The second-order valence-electron chi connectivity index (χ2n) is 4.89. The van der Waals surface area contributed by atoms with Crippen molar-refractivity contribution in [2.45, 2.75) is 6.92 Å². The summed E-state index contributed by atoms with van der Waals surface area (Å²) < 4.78 is 0. The number of hydrogen-bond donors (Lipinski definition) is 3. The van der Waals surface area contributed by atoms with Gasteiger partial charge in [-0.3, -0.25) is 9.59 Å². The van der Waals surface area contributed by atoms with Gasteiger partial charge in [0.2, 0.25) is 5.91 Å². The van der Waals surface area contributed by atoms with Crippen molar-refractivity contribution >= 4 is 17.5 Å². The molecule has 5 heteroatoms. The zero-order chi connectivity index (χ0) is 13.8. The van der Waals surface area contributed by atoms with E-state index in [1.54, 1.807) is 31.3 Å². The van der Waals surface area contributed by atoms with E-state index in [2.05, 4.69) is 22.9 Å². The molecule has 1 aliphatic heterocycles. The molecule has 0 bridgehead atoms. The highest BCUT2D eigenvalue weighted by Gasteiger charge is 2.29. The zero-order valence-electron chi connectivity index (χ0n) is 11.2. The zero-order valence-corrected chi connectivity index (χ0v) is 11.2. The number of hydrogen-bond acceptors (Lipinski definition) is 3. The molecule has 0 radical (unpaired) electrons. The highest BCUT2D eigenvalue weighted by molar-refractivity contribution is 5.97. The fourth-order valence-electron chi connectivity index (χ4n) is 2.28. The largest absolute Gasteiger partial charge is 0.355 e. The first kappa shape index (κ1) is 13.5. The third kappa shape index (κ3) is 3.12. The smallest absolute Gasteiger partial charge is 0.251 e. The van der Waals surface area contributed by atoms with Crippen molar-refractivity contribution < 1.29 is 9.59 Å². The maximum Gasteiger partial charge on any atom is 0.251 e. The molecule has 1 fully saturated rings. The number of nitrogens with one attached hydrogen (secondary N) is 3. The van der Waals surface area contributed by atoms with Crippen molar-refractivity contribution in [3.8, 4) is 0 Å². The first-order chi connectivity index (χ1) is 9.11. The molecule has 3 N–H and O–H groups in total. The normalized spacial score (nSPS) is 22.0. The number of anilines is 1. The molecular weight excluding hydrogens is 242 g/mol. The summed E-state index contributed by atoms with van der Waals surface area (Å²) in [6, 6.07) is 6.95. The number of carbonyl (C=O) groups excluding carboxylic acids is 2. The van der Waals surface area contributed by atoms with Crippen LogP contribution in [-0.4, -0.2) is 32.0 Å². The molecule has 0 aromatic heterocycles. The number of benzene rings is 1. The van der Waals surface area contributed by atoms with Crippen LogP contribution in [0.25, 0.3) is 0 Å². The Labute approximate surface area is 112 Å². The predicted molar refractivity (Wildman–Crippen MR) is 74.0 cm³/mol. The Bertz CT molecular complexity index is 487. The molecule has 0 spiro atoms. The Hall–Kier alpha value is -1.88. The van der Waals surface area contributed by atoms with Crippen LogP contribution in [0, 0.1) is 11.8 Å². The van der Waals surface area contributed by atoms with Gasteiger partial charge >= 0.3 is 0 Å². The summed E-state index contributed by atoms with van der Waals surface area (Å²) in [5, 5.41) is 8.64. The highest BCUT2D eigenvalue weighted by atomic mass is 16.2. The fourth-order valence-corrected chi connectivity index (χ4v) is 2.28. The van der Waals surface area contributed by atoms with E-state index < -0.39 is 0 Å². The lowest BCUT2D eigenvalue weighted by Crippen LogP contribution is -2.28. The van der Waals surface area contributed by atoms with E-state index in [0.717, 1.165) is 6.54 Å². The average Bonchev–Trinajstić information content (AvgIpc) is 2.84. The maximum atomic E-state index is 12.1. The predicted octanol–water partition coefficient (Wildman–Crippen LogP) is 0.840. The van der Waals surface area contributed by atoms with Crippen molar-refractivity contribution in [1.82, 2.24) is 10.6 Å². The Morgan fingerprint density at radius 1 is 1.32 bits per heavy atom. The Morgan fingerprint density at radius 2 is 2.11 bits per heavy atom. The first-order valence-corrected chi connectivity index (χ1v) is 6.45. The molecule has 2 amide bonds. The summed E-state index contributed by atoms with van der Waals surface area (Å²) >= 11 is 0. The van der Waals surface area contributed by atoms with E-state index in [9.17, 15) is 9.59 Å². The van der Waals surface area contributed by atoms with Gasteiger partial charge in [0.15, 0.2) is 0 Å². The summed E-state index contributed by atoms with van der Waals surface area (Å²) in [7, 11) is 1.58. The lowest BCUT2D eigenvalue weighted by Gasteiger charge is -2.14. The minimum atomic E-state index is -0.160. The molecule has 1 aromatic carbocycles. The van der Waals surface area contributed by atoms with Crippen LogP contribution in [0.3, 0.4) is 0 Å². The van der Waals surface area contributed by atoms with E-state index in [1.165, 1.54) is 0 Å². The van der Waals surface area contributed by atoms with Crippen molar-refractivity contribution in [2.24, 2.45) is 11.8 Å². The molecule has 0 aliphatic carbocycles. The average molecular weight is 261 g/mol. The molecule has 19 heavy (non-hydrogen) atoms. The van der Waals surface area contributed by atoms with E-state index >= 15 is 0 Å². The van der Waals surface area contributed by atoms with E-state index in [1.807, 2.05) is 0 Å². The third-order valence-corrected chi connectivity index (χ3v) is 3.47. The van der Waals surface area contributed by atoms with Crippen molar-refractivity contribution in [1.29, 1.82) is 0 Å². The van der Waals surface area contributed by atoms with Crippen LogP contribution in [-0.2, 0) is 4.79 Å². The van der Waals surface area contributed by atoms with Crippen molar-refractivity contribution in [2.75, 3.05) is 25.5 Å². The van der Waals surface area contributed by atoms with Gasteiger partial charge in [-0.1, -0.05) is 13.0 Å². The van der Waals surface area contributed by atoms with E-state index in [4.69, 9.17) is 0 Å². The molecule has 5 nitrogen and oxygen atoms in total. The molecule has 1 saturated heterocycles. The van der Waals surface area contributed by atoms with Gasteiger partial charge in [-0.25, -0.2) is 0 Å². The summed E-state index contributed by atoms with van der Waals surface area (Å²) in [5.41, 5.74) is 1.20. The second-order valence-corrected chi connectivity index (χ2v) is 4.89. The molecule has 0 saturated carbocycles. The second kappa shape index (κ2) is 5.84. The van der Waals surface area contributed by atoms with Gasteiger partial charge in [-0.05, 0) is 30.7 Å². The monoisotopic (exact) mass is 261 g/mol. The van der Waals surface area contributed by atoms with Gasteiger partial charge in [-0.2, -0.15) is 0 Å². The van der Waals surface area contributed by atoms with Crippen LogP contribution in [0.5, 0.6) is 0 Å². The first-order valence-electron chi connectivity index (χ1n) is 6.45. The molecule has 1 heterocycles. The summed E-state index contributed by atoms with van der Waals surface area (Å²) in [5.74, 6) is 0.171. The van der Waals surface area contributed by atoms with Crippen LogP contribution in [0.4, 0.5) is 5.69 Å². The summed E-state index contributed by atoms with van der Waals surface area (Å²) in [6.45, 7) is 3.64. The van der Waals surface area contributed by atoms with Gasteiger partial charge in [0.25, 0.3) is 5.91 Å². The summed E-state index contributed by atoms with van der Waals surface area (Å²) in [4.78, 5) is 23.7. The van der Waals surface area contributed by atoms with Crippen molar-refractivity contribution in [3.63, 3.8) is 0 Å². The van der Waals surface area contributed by atoms with Gasteiger partial charge < -0.3 is 16.0 Å². The van der Waals surface area contributed by atoms with Crippen LogP contribution >= 0.6 is 0 Å². The quantitative estimate of drug-likeness (QED) is 0.755. The van der Waals surface area contributed by atoms with Gasteiger partial charge in [0.1, 0.15) is 0 Å². The molecule has 102 valence electrons. The third-order valence-electron chi connectivity index (χ3n) is 3.47. The minimum absolute atomic E-state index is 0.00607. The topological polar surface area (TPSA) is 70.2 Å². The van der Waals surface area contributed by atoms with Crippen LogP contribution < -0.4 is 16.0 Å².